The van der Waals surface area contributed by atoms with Gasteiger partial charge in [0.15, 0.2) is 0 Å². The smallest absolute Gasteiger partial charge is 0.266 e. The van der Waals surface area contributed by atoms with Gasteiger partial charge in [0.25, 0.3) is 10.0 Å². The fraction of sp³-hybridized carbons (Fsp3) is 0.409. The van der Waals surface area contributed by atoms with Crippen LogP contribution in [0.1, 0.15) is 11.1 Å². The first kappa shape index (κ1) is 20.5. The summed E-state index contributed by atoms with van der Waals surface area (Å²) in [5, 5.41) is 0. The summed E-state index contributed by atoms with van der Waals surface area (Å²) < 4.78 is 33.7. The predicted molar refractivity (Wildman–Crippen MR) is 119 cm³/mol. The van der Waals surface area contributed by atoms with Crippen molar-refractivity contribution in [3.8, 4) is 5.75 Å². The number of para-hydroxylation sites is 2. The quantitative estimate of drug-likeness (QED) is 0.749. The third-order valence-corrected chi connectivity index (χ3v) is 7.61. The van der Waals surface area contributed by atoms with E-state index in [2.05, 4.69) is 20.9 Å². The molecule has 2 aromatic carbocycles. The highest BCUT2D eigenvalue weighted by Crippen LogP contribution is 2.29. The van der Waals surface area contributed by atoms with E-state index in [4.69, 9.17) is 4.74 Å². The summed E-state index contributed by atoms with van der Waals surface area (Å²) in [5.74, 6) is 1.41. The zero-order chi connectivity index (χ0) is 21.3. The van der Waals surface area contributed by atoms with Crippen LogP contribution in [-0.2, 0) is 10.0 Å². The van der Waals surface area contributed by atoms with E-state index < -0.39 is 10.0 Å². The van der Waals surface area contributed by atoms with Crippen molar-refractivity contribution in [1.29, 1.82) is 0 Å². The lowest BCUT2D eigenvalue weighted by molar-refractivity contribution is 0.354. The molecule has 0 saturated carbocycles. The van der Waals surface area contributed by atoms with E-state index >= 15 is 0 Å². The maximum Gasteiger partial charge on any atom is 0.266 e. The van der Waals surface area contributed by atoms with Gasteiger partial charge in [-0.3, -0.25) is 4.99 Å². The maximum absolute atomic E-state index is 13.4. The summed E-state index contributed by atoms with van der Waals surface area (Å²) >= 11 is 0. The van der Waals surface area contributed by atoms with Gasteiger partial charge in [0.05, 0.1) is 30.8 Å². The molecule has 2 aliphatic rings. The first-order chi connectivity index (χ1) is 14.4. The van der Waals surface area contributed by atoms with Crippen LogP contribution >= 0.6 is 0 Å². The number of nitrogens with zero attached hydrogens (tertiary/aromatic N) is 4. The second-order valence-electron chi connectivity index (χ2n) is 7.67. The van der Waals surface area contributed by atoms with Gasteiger partial charge in [-0.05, 0) is 37.6 Å². The SMILES string of the molecule is COc1ccccc1N1CCN(C2=NCCN2S(=O)(=O)c2ccc(C)cc2C)CC1. The Morgan fingerprint density at radius 1 is 0.933 bits per heavy atom. The summed E-state index contributed by atoms with van der Waals surface area (Å²) in [6.07, 6.45) is 0. The van der Waals surface area contributed by atoms with Crippen LogP contribution in [0.4, 0.5) is 5.69 Å². The minimum atomic E-state index is -3.63. The Kier molecular flexibility index (Phi) is 5.60. The number of hydrogen-bond donors (Lipinski definition) is 0. The normalized spacial score (nSPS) is 17.3. The first-order valence-electron chi connectivity index (χ1n) is 10.2. The Bertz CT molecular complexity index is 1060. The molecule has 0 aromatic heterocycles. The van der Waals surface area contributed by atoms with Crippen molar-refractivity contribution >= 4 is 21.7 Å². The van der Waals surface area contributed by atoms with Crippen molar-refractivity contribution in [2.75, 3.05) is 51.3 Å². The molecule has 0 aliphatic carbocycles. The number of aliphatic imine (C=N–C) groups is 1. The molecule has 8 heteroatoms. The van der Waals surface area contributed by atoms with Gasteiger partial charge in [-0.25, -0.2) is 12.7 Å². The number of rotatable bonds is 4. The number of methoxy groups -OCH3 is 1. The molecule has 0 amide bonds. The molecule has 1 fully saturated rings. The molecule has 7 nitrogen and oxygen atoms in total. The number of ether oxygens (including phenoxy) is 1. The van der Waals surface area contributed by atoms with E-state index in [1.165, 1.54) is 4.31 Å². The van der Waals surface area contributed by atoms with E-state index in [0.717, 1.165) is 35.7 Å². The number of aryl methyl sites for hydroxylation is 2. The van der Waals surface area contributed by atoms with Crippen molar-refractivity contribution in [3.63, 3.8) is 0 Å². The topological polar surface area (TPSA) is 65.5 Å². The number of sulfonamides is 1. The minimum absolute atomic E-state index is 0.357. The Hall–Kier alpha value is -2.74. The molecule has 0 unspecified atom stereocenters. The van der Waals surface area contributed by atoms with E-state index in [0.29, 0.717) is 37.0 Å². The average molecular weight is 429 g/mol. The van der Waals surface area contributed by atoms with Crippen molar-refractivity contribution < 1.29 is 13.2 Å². The van der Waals surface area contributed by atoms with Crippen LogP contribution in [0.5, 0.6) is 5.75 Å². The lowest BCUT2D eigenvalue weighted by Gasteiger charge is -2.39. The van der Waals surface area contributed by atoms with Crippen molar-refractivity contribution in [2.45, 2.75) is 18.7 Å². The lowest BCUT2D eigenvalue weighted by atomic mass is 10.2. The Labute approximate surface area is 178 Å². The number of benzene rings is 2. The molecule has 1 saturated heterocycles. The van der Waals surface area contributed by atoms with Gasteiger partial charge in [-0.15, -0.1) is 0 Å². The van der Waals surface area contributed by atoms with Crippen molar-refractivity contribution in [3.05, 3.63) is 53.6 Å². The molecule has 0 atom stereocenters. The molecule has 4 rings (SSSR count). The van der Waals surface area contributed by atoms with Crippen LogP contribution < -0.4 is 9.64 Å². The van der Waals surface area contributed by atoms with Gasteiger partial charge in [-0.2, -0.15) is 0 Å². The minimum Gasteiger partial charge on any atom is -0.495 e. The van der Waals surface area contributed by atoms with Crippen LogP contribution in [0.25, 0.3) is 0 Å². The molecular formula is C22H28N4O3S. The summed E-state index contributed by atoms with van der Waals surface area (Å²) in [6.45, 7) is 7.65. The Morgan fingerprint density at radius 3 is 2.33 bits per heavy atom. The molecular weight excluding hydrogens is 400 g/mol. The molecule has 2 heterocycles. The highest BCUT2D eigenvalue weighted by atomic mass is 32.2. The van der Waals surface area contributed by atoms with Crippen LogP contribution in [0.15, 0.2) is 52.4 Å². The van der Waals surface area contributed by atoms with Gasteiger partial charge in [0.1, 0.15) is 5.75 Å². The van der Waals surface area contributed by atoms with E-state index in [1.54, 1.807) is 13.2 Å². The van der Waals surface area contributed by atoms with Gasteiger partial charge in [0.2, 0.25) is 5.96 Å². The fourth-order valence-corrected chi connectivity index (χ4v) is 5.80. The average Bonchev–Trinajstić information content (AvgIpc) is 3.24. The Balaban J connectivity index is 1.51. The first-order valence-corrected chi connectivity index (χ1v) is 11.6. The lowest BCUT2D eigenvalue weighted by Crippen LogP contribution is -2.53. The summed E-state index contributed by atoms with van der Waals surface area (Å²) in [7, 11) is -1.96. The van der Waals surface area contributed by atoms with E-state index in [-0.39, 0.29) is 0 Å². The molecule has 2 aromatic rings. The number of piperazine rings is 1. The number of hydrogen-bond acceptors (Lipinski definition) is 6. The molecule has 2 aliphatic heterocycles. The summed E-state index contributed by atoms with van der Waals surface area (Å²) in [4.78, 5) is 9.27. The summed E-state index contributed by atoms with van der Waals surface area (Å²) in [5.41, 5.74) is 2.88. The van der Waals surface area contributed by atoms with Crippen molar-refractivity contribution in [1.82, 2.24) is 9.21 Å². The summed E-state index contributed by atoms with van der Waals surface area (Å²) in [6, 6.07) is 13.4. The molecule has 0 spiro atoms. The number of anilines is 1. The third-order valence-electron chi connectivity index (χ3n) is 5.67. The third kappa shape index (κ3) is 3.71. The molecule has 160 valence electrons. The van der Waals surface area contributed by atoms with Crippen LogP contribution in [0.3, 0.4) is 0 Å². The van der Waals surface area contributed by atoms with E-state index in [9.17, 15) is 8.42 Å². The van der Waals surface area contributed by atoms with Crippen LogP contribution in [0, 0.1) is 13.8 Å². The zero-order valence-electron chi connectivity index (χ0n) is 17.7. The molecule has 0 bridgehead atoms. The molecule has 0 N–H and O–H groups in total. The van der Waals surface area contributed by atoms with E-state index in [1.807, 2.05) is 44.2 Å². The highest BCUT2D eigenvalue weighted by molar-refractivity contribution is 7.89. The monoisotopic (exact) mass is 428 g/mol. The highest BCUT2D eigenvalue weighted by Gasteiger charge is 2.35. The number of guanidine groups is 1. The second-order valence-corrected chi connectivity index (χ2v) is 9.50. The maximum atomic E-state index is 13.4. The zero-order valence-corrected chi connectivity index (χ0v) is 18.5. The van der Waals surface area contributed by atoms with Gasteiger partial charge < -0.3 is 14.5 Å². The second kappa shape index (κ2) is 8.18. The van der Waals surface area contributed by atoms with Gasteiger partial charge >= 0.3 is 0 Å². The van der Waals surface area contributed by atoms with Crippen LogP contribution in [-0.4, -0.2) is 70.0 Å². The van der Waals surface area contributed by atoms with Gasteiger partial charge in [-0.1, -0.05) is 29.8 Å². The largest absolute Gasteiger partial charge is 0.495 e. The van der Waals surface area contributed by atoms with Gasteiger partial charge in [0, 0.05) is 26.2 Å². The van der Waals surface area contributed by atoms with Crippen molar-refractivity contribution in [2.24, 2.45) is 4.99 Å². The Morgan fingerprint density at radius 2 is 1.63 bits per heavy atom. The van der Waals surface area contributed by atoms with Crippen LogP contribution in [0.2, 0.25) is 0 Å². The predicted octanol–water partition coefficient (Wildman–Crippen LogP) is 2.49. The molecule has 30 heavy (non-hydrogen) atoms. The standard InChI is InChI=1S/C22H28N4O3S/c1-17-8-9-21(18(2)16-17)30(27,28)26-11-10-23-22(26)25-14-12-24(13-15-25)19-6-4-5-7-20(19)29-3/h4-9,16H,10-15H2,1-3H3. The fourth-order valence-electron chi connectivity index (χ4n) is 4.15. The molecule has 0 radical (unpaired) electrons.